The lowest BCUT2D eigenvalue weighted by Crippen LogP contribution is -2.33. The van der Waals surface area contributed by atoms with Crippen molar-refractivity contribution in [2.75, 3.05) is 13.1 Å². The summed E-state index contributed by atoms with van der Waals surface area (Å²) in [5.41, 5.74) is 4.79. The van der Waals surface area contributed by atoms with E-state index in [1.54, 1.807) is 6.92 Å². The van der Waals surface area contributed by atoms with E-state index in [1.807, 2.05) is 0 Å². The zero-order chi connectivity index (χ0) is 15.8. The van der Waals surface area contributed by atoms with E-state index in [0.717, 1.165) is 12.1 Å². The van der Waals surface area contributed by atoms with Crippen molar-refractivity contribution in [2.45, 2.75) is 30.5 Å². The zero-order valence-electron chi connectivity index (χ0n) is 11.5. The Hall–Kier alpha value is -1.12. The average Bonchev–Trinajstić information content (AvgIpc) is 2.88. The molecule has 2 N–H and O–H groups in total. The van der Waals surface area contributed by atoms with E-state index in [-0.39, 0.29) is 29.9 Å². The van der Waals surface area contributed by atoms with Crippen molar-refractivity contribution in [1.29, 1.82) is 0 Å². The molecule has 1 aliphatic heterocycles. The van der Waals surface area contributed by atoms with Crippen LogP contribution in [-0.2, 0) is 16.2 Å². The van der Waals surface area contributed by atoms with Crippen LogP contribution in [0.3, 0.4) is 0 Å². The molecule has 0 bridgehead atoms. The minimum atomic E-state index is -4.56. The summed E-state index contributed by atoms with van der Waals surface area (Å²) in [6.07, 6.45) is -3.94. The lowest BCUT2D eigenvalue weighted by atomic mass is 10.0. The van der Waals surface area contributed by atoms with Gasteiger partial charge in [-0.15, -0.1) is 0 Å². The predicted molar refractivity (Wildman–Crippen MR) is 72.0 cm³/mol. The Kier molecular flexibility index (Phi) is 4.32. The highest BCUT2D eigenvalue weighted by Gasteiger charge is 2.36. The van der Waals surface area contributed by atoms with Crippen molar-refractivity contribution in [3.8, 4) is 0 Å². The SMILES string of the molecule is CC(N)C1CCN(S(=O)(=O)c2cccc(C(F)(F)F)c2)C1. The minimum absolute atomic E-state index is 0.0329. The number of hydrogen-bond acceptors (Lipinski definition) is 3. The standard InChI is InChI=1S/C13H17F3N2O2S/c1-9(17)10-5-6-18(8-10)21(19,20)12-4-2-3-11(7-12)13(14,15)16/h2-4,7,9-10H,5-6,8,17H2,1H3. The largest absolute Gasteiger partial charge is 0.416 e. The lowest BCUT2D eigenvalue weighted by molar-refractivity contribution is -0.137. The van der Waals surface area contributed by atoms with Crippen LogP contribution >= 0.6 is 0 Å². The number of hydrogen-bond donors (Lipinski definition) is 1. The van der Waals surface area contributed by atoms with E-state index in [9.17, 15) is 21.6 Å². The molecule has 1 fully saturated rings. The van der Waals surface area contributed by atoms with Crippen LogP contribution in [0.5, 0.6) is 0 Å². The first-order valence-corrected chi connectivity index (χ1v) is 7.99. The topological polar surface area (TPSA) is 63.4 Å². The molecule has 2 rings (SSSR count). The molecule has 0 spiro atoms. The number of benzene rings is 1. The summed E-state index contributed by atoms with van der Waals surface area (Å²) in [5.74, 6) is 0.0329. The maximum atomic E-state index is 12.7. The Labute approximate surface area is 121 Å². The van der Waals surface area contributed by atoms with Crippen LogP contribution in [0, 0.1) is 5.92 Å². The summed E-state index contributed by atoms with van der Waals surface area (Å²) in [6, 6.07) is 3.67. The first-order chi connectivity index (χ1) is 9.62. The van der Waals surface area contributed by atoms with Gasteiger partial charge < -0.3 is 5.73 Å². The van der Waals surface area contributed by atoms with Crippen molar-refractivity contribution >= 4 is 10.0 Å². The molecule has 1 saturated heterocycles. The van der Waals surface area contributed by atoms with E-state index >= 15 is 0 Å². The second kappa shape index (κ2) is 5.58. The van der Waals surface area contributed by atoms with Gasteiger partial charge in [0.15, 0.2) is 0 Å². The Morgan fingerprint density at radius 3 is 2.57 bits per heavy atom. The van der Waals surface area contributed by atoms with Gasteiger partial charge >= 0.3 is 6.18 Å². The minimum Gasteiger partial charge on any atom is -0.328 e. The number of nitrogens with zero attached hydrogens (tertiary/aromatic N) is 1. The molecule has 0 aromatic heterocycles. The first kappa shape index (κ1) is 16.3. The average molecular weight is 322 g/mol. The summed E-state index contributed by atoms with van der Waals surface area (Å²) < 4.78 is 64.0. The number of alkyl halides is 3. The zero-order valence-corrected chi connectivity index (χ0v) is 12.3. The van der Waals surface area contributed by atoms with E-state index in [2.05, 4.69) is 0 Å². The van der Waals surface area contributed by atoms with Crippen molar-refractivity contribution in [2.24, 2.45) is 11.7 Å². The van der Waals surface area contributed by atoms with Gasteiger partial charge in [0.2, 0.25) is 10.0 Å². The molecule has 0 radical (unpaired) electrons. The summed E-state index contributed by atoms with van der Waals surface area (Å²) in [6.45, 7) is 2.33. The molecular formula is C13H17F3N2O2S. The summed E-state index contributed by atoms with van der Waals surface area (Å²) in [7, 11) is -3.91. The third-order valence-corrected chi connectivity index (χ3v) is 5.59. The van der Waals surface area contributed by atoms with E-state index in [0.29, 0.717) is 12.5 Å². The van der Waals surface area contributed by atoms with Gasteiger partial charge in [0.25, 0.3) is 0 Å². The van der Waals surface area contributed by atoms with Gasteiger partial charge in [-0.25, -0.2) is 8.42 Å². The van der Waals surface area contributed by atoms with Crippen LogP contribution in [0.25, 0.3) is 0 Å². The van der Waals surface area contributed by atoms with Crippen LogP contribution in [0.2, 0.25) is 0 Å². The lowest BCUT2D eigenvalue weighted by Gasteiger charge is -2.18. The number of rotatable bonds is 3. The summed E-state index contributed by atoms with van der Waals surface area (Å²) in [4.78, 5) is -0.331. The number of halogens is 3. The van der Waals surface area contributed by atoms with Crippen molar-refractivity contribution in [1.82, 2.24) is 4.31 Å². The highest BCUT2D eigenvalue weighted by molar-refractivity contribution is 7.89. The number of nitrogens with two attached hydrogens (primary N) is 1. The monoisotopic (exact) mass is 322 g/mol. The van der Waals surface area contributed by atoms with Gasteiger partial charge in [-0.1, -0.05) is 6.07 Å². The Bertz CT molecular complexity index is 614. The highest BCUT2D eigenvalue weighted by Crippen LogP contribution is 2.32. The van der Waals surface area contributed by atoms with Gasteiger partial charge in [0.1, 0.15) is 0 Å². The summed E-state index contributed by atoms with van der Waals surface area (Å²) in [5, 5.41) is 0. The van der Waals surface area contributed by atoms with Crippen molar-refractivity contribution in [3.05, 3.63) is 29.8 Å². The molecule has 0 saturated carbocycles. The smallest absolute Gasteiger partial charge is 0.328 e. The molecule has 1 heterocycles. The van der Waals surface area contributed by atoms with E-state index < -0.39 is 21.8 Å². The molecule has 0 amide bonds. The van der Waals surface area contributed by atoms with Crippen molar-refractivity contribution < 1.29 is 21.6 Å². The second-order valence-corrected chi connectivity index (χ2v) is 7.23. The van der Waals surface area contributed by atoms with E-state index in [4.69, 9.17) is 5.73 Å². The Morgan fingerprint density at radius 1 is 1.38 bits per heavy atom. The summed E-state index contributed by atoms with van der Waals surface area (Å²) >= 11 is 0. The fraction of sp³-hybridized carbons (Fsp3) is 0.538. The molecule has 0 aliphatic carbocycles. The third-order valence-electron chi connectivity index (χ3n) is 3.73. The molecule has 2 atom stereocenters. The molecule has 1 aliphatic rings. The molecule has 1 aromatic carbocycles. The van der Waals surface area contributed by atoms with Gasteiger partial charge in [-0.05, 0) is 37.5 Å². The van der Waals surface area contributed by atoms with Crippen LogP contribution < -0.4 is 5.73 Å². The van der Waals surface area contributed by atoms with Crippen LogP contribution in [0.1, 0.15) is 18.9 Å². The van der Waals surface area contributed by atoms with Crippen molar-refractivity contribution in [3.63, 3.8) is 0 Å². The Balaban J connectivity index is 2.29. The molecule has 21 heavy (non-hydrogen) atoms. The van der Waals surface area contributed by atoms with Gasteiger partial charge in [0, 0.05) is 19.1 Å². The van der Waals surface area contributed by atoms with Crippen LogP contribution in [-0.4, -0.2) is 31.9 Å². The fourth-order valence-electron chi connectivity index (χ4n) is 2.38. The van der Waals surface area contributed by atoms with Gasteiger partial charge in [-0.3, -0.25) is 0 Å². The highest BCUT2D eigenvalue weighted by atomic mass is 32.2. The third kappa shape index (κ3) is 3.38. The van der Waals surface area contributed by atoms with E-state index in [1.165, 1.54) is 10.4 Å². The second-order valence-electron chi connectivity index (χ2n) is 5.30. The molecule has 8 heteroatoms. The predicted octanol–water partition coefficient (Wildman–Crippen LogP) is 2.06. The molecule has 118 valence electrons. The maximum absolute atomic E-state index is 12.7. The fourth-order valence-corrected chi connectivity index (χ4v) is 3.94. The van der Waals surface area contributed by atoms with Gasteiger partial charge in [0.05, 0.1) is 10.5 Å². The Morgan fingerprint density at radius 2 is 2.05 bits per heavy atom. The molecule has 2 unspecified atom stereocenters. The quantitative estimate of drug-likeness (QED) is 0.926. The molecule has 1 aromatic rings. The van der Waals surface area contributed by atoms with Crippen LogP contribution in [0.15, 0.2) is 29.2 Å². The number of sulfonamides is 1. The van der Waals surface area contributed by atoms with Crippen LogP contribution in [0.4, 0.5) is 13.2 Å². The maximum Gasteiger partial charge on any atom is 0.416 e. The first-order valence-electron chi connectivity index (χ1n) is 6.55. The molecule has 4 nitrogen and oxygen atoms in total. The normalized spacial score (nSPS) is 22.4. The molecular weight excluding hydrogens is 305 g/mol. The van der Waals surface area contributed by atoms with Gasteiger partial charge in [-0.2, -0.15) is 17.5 Å².